The van der Waals surface area contributed by atoms with E-state index in [1.54, 1.807) is 6.07 Å². The monoisotopic (exact) mass is 341 g/mol. The molecule has 0 aliphatic carbocycles. The first-order chi connectivity index (χ1) is 11.5. The maximum absolute atomic E-state index is 13.3. The van der Waals surface area contributed by atoms with E-state index in [1.807, 2.05) is 29.2 Å². The summed E-state index contributed by atoms with van der Waals surface area (Å²) in [6, 6.07) is 15.9. The second-order valence-electron chi connectivity index (χ2n) is 7.52. The van der Waals surface area contributed by atoms with Crippen LogP contribution in [0.3, 0.4) is 0 Å². The number of quaternary nitrogens is 1. The Balaban J connectivity index is 1.79. The van der Waals surface area contributed by atoms with Crippen LogP contribution in [0.25, 0.3) is 0 Å². The Kier molecular flexibility index (Phi) is 3.66. The summed E-state index contributed by atoms with van der Waals surface area (Å²) in [6.07, 6.45) is 1.02. The van der Waals surface area contributed by atoms with Gasteiger partial charge in [-0.3, -0.25) is 4.79 Å². The molecule has 3 nitrogen and oxygen atoms in total. The first-order valence-corrected chi connectivity index (χ1v) is 8.85. The zero-order valence-corrected chi connectivity index (χ0v) is 14.8. The molecule has 1 saturated heterocycles. The van der Waals surface area contributed by atoms with E-state index in [2.05, 4.69) is 32.3 Å². The van der Waals surface area contributed by atoms with Gasteiger partial charge in [0.2, 0.25) is 0 Å². The smallest absolute Gasteiger partial charge is 0.260 e. The number of anilines is 1. The number of carbonyl (C=O) groups is 1. The van der Waals surface area contributed by atoms with Crippen LogP contribution in [0.4, 0.5) is 5.69 Å². The number of piperidine rings is 1. The summed E-state index contributed by atoms with van der Waals surface area (Å²) in [6.45, 7) is 2.15. The van der Waals surface area contributed by atoms with Crippen molar-refractivity contribution in [2.45, 2.75) is 18.4 Å². The van der Waals surface area contributed by atoms with Crippen LogP contribution in [0.15, 0.2) is 48.5 Å². The number of hydrogen-bond acceptors (Lipinski definition) is 1. The predicted octanol–water partition coefficient (Wildman–Crippen LogP) is 3.93. The lowest BCUT2D eigenvalue weighted by Gasteiger charge is -2.41. The van der Waals surface area contributed by atoms with E-state index in [-0.39, 0.29) is 11.9 Å². The van der Waals surface area contributed by atoms with Gasteiger partial charge in [0.1, 0.15) is 0 Å². The Bertz CT molecular complexity index is 802. The lowest BCUT2D eigenvalue weighted by atomic mass is 9.88. The molecule has 1 fully saturated rings. The third kappa shape index (κ3) is 2.43. The van der Waals surface area contributed by atoms with Crippen LogP contribution < -0.4 is 4.90 Å². The average molecular weight is 342 g/mol. The highest BCUT2D eigenvalue weighted by atomic mass is 35.5. The highest BCUT2D eigenvalue weighted by molar-refractivity contribution is 6.34. The SMILES string of the molecule is C[N+]1(C)CCC2C(C1)c1ccccc1N2C(=O)c1ccccc1Cl. The molecule has 2 heterocycles. The fraction of sp³-hybridized carbons (Fsp3) is 0.350. The molecule has 2 aromatic carbocycles. The molecule has 0 spiro atoms. The van der Waals surface area contributed by atoms with Crippen LogP contribution in [-0.2, 0) is 0 Å². The highest BCUT2D eigenvalue weighted by Crippen LogP contribution is 2.46. The van der Waals surface area contributed by atoms with Crippen molar-refractivity contribution < 1.29 is 9.28 Å². The Morgan fingerprint density at radius 1 is 1.12 bits per heavy atom. The fourth-order valence-electron chi connectivity index (χ4n) is 4.27. The van der Waals surface area contributed by atoms with Gasteiger partial charge in [-0.05, 0) is 23.8 Å². The summed E-state index contributed by atoms with van der Waals surface area (Å²) < 4.78 is 1.00. The van der Waals surface area contributed by atoms with Crippen LogP contribution in [0.5, 0.6) is 0 Å². The van der Waals surface area contributed by atoms with Crippen molar-refractivity contribution in [3.63, 3.8) is 0 Å². The maximum Gasteiger partial charge on any atom is 0.260 e. The van der Waals surface area contributed by atoms with Gasteiger partial charge >= 0.3 is 0 Å². The summed E-state index contributed by atoms with van der Waals surface area (Å²) in [7, 11) is 4.55. The number of hydrogen-bond donors (Lipinski definition) is 0. The van der Waals surface area contributed by atoms with E-state index in [9.17, 15) is 4.79 Å². The zero-order chi connectivity index (χ0) is 16.9. The van der Waals surface area contributed by atoms with Gasteiger partial charge in [-0.25, -0.2) is 0 Å². The molecule has 4 rings (SSSR count). The van der Waals surface area contributed by atoms with Gasteiger partial charge in [0.25, 0.3) is 5.91 Å². The normalized spacial score (nSPS) is 24.4. The van der Waals surface area contributed by atoms with Gasteiger partial charge in [0.05, 0.1) is 49.7 Å². The second-order valence-corrected chi connectivity index (χ2v) is 7.93. The molecule has 2 aromatic rings. The van der Waals surface area contributed by atoms with E-state index in [0.29, 0.717) is 16.5 Å². The summed E-state index contributed by atoms with van der Waals surface area (Å²) in [4.78, 5) is 15.3. The zero-order valence-electron chi connectivity index (χ0n) is 14.1. The lowest BCUT2D eigenvalue weighted by molar-refractivity contribution is -0.896. The first-order valence-electron chi connectivity index (χ1n) is 8.47. The number of fused-ring (bicyclic) bond motifs is 3. The quantitative estimate of drug-likeness (QED) is 0.720. The largest absolute Gasteiger partial charge is 0.328 e. The Morgan fingerprint density at radius 2 is 1.83 bits per heavy atom. The molecule has 2 atom stereocenters. The van der Waals surface area contributed by atoms with Gasteiger partial charge in [0, 0.05) is 12.1 Å². The molecule has 0 N–H and O–H groups in total. The fourth-order valence-corrected chi connectivity index (χ4v) is 4.48. The maximum atomic E-state index is 13.3. The number of likely N-dealkylation sites (N-methyl/N-ethyl adjacent to an activating group) is 1. The van der Waals surface area contributed by atoms with Crippen molar-refractivity contribution in [2.75, 3.05) is 32.1 Å². The van der Waals surface area contributed by atoms with Crippen molar-refractivity contribution in [2.24, 2.45) is 0 Å². The van der Waals surface area contributed by atoms with Crippen LogP contribution in [0.1, 0.15) is 28.3 Å². The molecule has 0 aromatic heterocycles. The van der Waals surface area contributed by atoms with Gasteiger partial charge < -0.3 is 9.38 Å². The van der Waals surface area contributed by atoms with Crippen molar-refractivity contribution in [3.05, 3.63) is 64.7 Å². The van der Waals surface area contributed by atoms with Crippen LogP contribution in [0.2, 0.25) is 5.02 Å². The highest BCUT2D eigenvalue weighted by Gasteiger charge is 2.47. The molecule has 24 heavy (non-hydrogen) atoms. The van der Waals surface area contributed by atoms with E-state index in [4.69, 9.17) is 11.6 Å². The molecular formula is C20H22ClN2O+. The van der Waals surface area contributed by atoms with Gasteiger partial charge in [-0.2, -0.15) is 0 Å². The molecule has 1 amide bonds. The number of likely N-dealkylation sites (tertiary alicyclic amines) is 1. The minimum Gasteiger partial charge on any atom is -0.328 e. The third-order valence-corrected chi connectivity index (χ3v) is 5.77. The summed E-state index contributed by atoms with van der Waals surface area (Å²) in [5.41, 5.74) is 2.95. The van der Waals surface area contributed by atoms with Crippen molar-refractivity contribution in [3.8, 4) is 0 Å². The first kappa shape index (κ1) is 15.7. The van der Waals surface area contributed by atoms with Crippen LogP contribution in [-0.4, -0.2) is 43.6 Å². The number of halogens is 1. The number of nitrogens with zero attached hydrogens (tertiary/aromatic N) is 2. The van der Waals surface area contributed by atoms with E-state index >= 15 is 0 Å². The van der Waals surface area contributed by atoms with Gasteiger partial charge in [-0.15, -0.1) is 0 Å². The molecule has 4 heteroatoms. The van der Waals surface area contributed by atoms with Crippen molar-refractivity contribution in [1.29, 1.82) is 0 Å². The summed E-state index contributed by atoms with van der Waals surface area (Å²) >= 11 is 6.29. The van der Waals surface area contributed by atoms with Crippen LogP contribution in [0, 0.1) is 0 Å². The lowest BCUT2D eigenvalue weighted by Crippen LogP contribution is -2.54. The molecule has 2 aliphatic rings. The summed E-state index contributed by atoms with van der Waals surface area (Å²) in [5, 5.41) is 0.523. The standard InChI is InChI=1S/C20H22ClN2O/c1-23(2)12-11-19-16(13-23)14-7-4-6-10-18(14)22(19)20(24)15-8-3-5-9-17(15)21/h3-10,16,19H,11-13H2,1-2H3/q+1. The Hall–Kier alpha value is -1.84. The predicted molar refractivity (Wildman–Crippen MR) is 97.7 cm³/mol. The van der Waals surface area contributed by atoms with Gasteiger partial charge in [0.15, 0.2) is 0 Å². The molecule has 2 aliphatic heterocycles. The minimum atomic E-state index is 0.0211. The number of rotatable bonds is 1. The topological polar surface area (TPSA) is 20.3 Å². The van der Waals surface area contributed by atoms with Crippen molar-refractivity contribution in [1.82, 2.24) is 0 Å². The second kappa shape index (κ2) is 5.61. The minimum absolute atomic E-state index is 0.0211. The summed E-state index contributed by atoms with van der Waals surface area (Å²) in [5.74, 6) is 0.421. The van der Waals surface area contributed by atoms with Crippen molar-refractivity contribution >= 4 is 23.2 Å². The third-order valence-electron chi connectivity index (χ3n) is 5.44. The van der Waals surface area contributed by atoms with E-state index in [1.165, 1.54) is 5.56 Å². The molecule has 0 saturated carbocycles. The number of amides is 1. The average Bonchev–Trinajstić information content (AvgIpc) is 2.87. The number of para-hydroxylation sites is 1. The Morgan fingerprint density at radius 3 is 2.62 bits per heavy atom. The number of carbonyl (C=O) groups excluding carboxylic acids is 1. The Labute approximate surface area is 148 Å². The molecule has 2 unspecified atom stereocenters. The van der Waals surface area contributed by atoms with Gasteiger partial charge in [-0.1, -0.05) is 41.9 Å². The van der Waals surface area contributed by atoms with E-state index < -0.39 is 0 Å². The molecule has 0 bridgehead atoms. The molecular weight excluding hydrogens is 320 g/mol. The van der Waals surface area contributed by atoms with Crippen LogP contribution >= 0.6 is 11.6 Å². The number of benzene rings is 2. The molecule has 0 radical (unpaired) electrons. The van der Waals surface area contributed by atoms with E-state index in [0.717, 1.165) is 29.7 Å². The molecule has 124 valence electrons.